The van der Waals surface area contributed by atoms with Gasteiger partial charge in [-0.1, -0.05) is 24.3 Å². The summed E-state index contributed by atoms with van der Waals surface area (Å²) in [5.41, 5.74) is 6.43. The van der Waals surface area contributed by atoms with Crippen molar-refractivity contribution in [3.63, 3.8) is 0 Å². The van der Waals surface area contributed by atoms with E-state index in [1.54, 1.807) is 43.3 Å². The first-order valence-electron chi connectivity index (χ1n) is 16.0. The van der Waals surface area contributed by atoms with Gasteiger partial charge in [-0.2, -0.15) is 0 Å². The number of carbonyl (C=O) groups excluding carboxylic acids is 5. The van der Waals surface area contributed by atoms with Crippen LogP contribution in [0.1, 0.15) is 95.2 Å². The van der Waals surface area contributed by atoms with Crippen LogP contribution < -0.4 is 21.1 Å². The Morgan fingerprint density at radius 2 is 1.69 bits per heavy atom. The summed E-state index contributed by atoms with van der Waals surface area (Å²) in [5, 5.41) is 28.2. The third-order valence-corrected chi connectivity index (χ3v) is 8.21. The number of fused-ring (bicyclic) bond motifs is 1. The molecule has 1 unspecified atom stereocenters. The summed E-state index contributed by atoms with van der Waals surface area (Å²) >= 11 is 0. The van der Waals surface area contributed by atoms with E-state index in [1.807, 2.05) is 0 Å². The van der Waals surface area contributed by atoms with Gasteiger partial charge in [0.05, 0.1) is 19.8 Å². The highest BCUT2D eigenvalue weighted by molar-refractivity contribution is 5.99. The van der Waals surface area contributed by atoms with Gasteiger partial charge in [-0.25, -0.2) is 4.79 Å². The van der Waals surface area contributed by atoms with Crippen LogP contribution >= 0.6 is 0 Å². The second kappa shape index (κ2) is 17.0. The lowest BCUT2D eigenvalue weighted by atomic mass is 9.84. The molecule has 0 saturated heterocycles. The molecule has 1 aliphatic rings. The summed E-state index contributed by atoms with van der Waals surface area (Å²) < 4.78 is 10.9. The first-order valence-corrected chi connectivity index (χ1v) is 16.0. The van der Waals surface area contributed by atoms with Crippen molar-refractivity contribution in [2.75, 3.05) is 19.0 Å². The van der Waals surface area contributed by atoms with Gasteiger partial charge < -0.3 is 36.1 Å². The number of amides is 3. The van der Waals surface area contributed by atoms with Crippen molar-refractivity contribution in [2.45, 2.75) is 63.9 Å². The number of rotatable bonds is 9. The molecular weight excluding hydrogens is 630 g/mol. The molecule has 0 aliphatic carbocycles. The van der Waals surface area contributed by atoms with Crippen LogP contribution in [0.4, 0.5) is 5.69 Å². The molecule has 0 radical (unpaired) electrons. The third-order valence-electron chi connectivity index (χ3n) is 8.21. The largest absolute Gasteiger partial charge is 0.507 e. The molecule has 0 fully saturated rings. The highest BCUT2D eigenvalue weighted by atomic mass is 16.5. The predicted molar refractivity (Wildman–Crippen MR) is 182 cm³/mol. The number of phenolic OH excluding ortho intramolecular Hbond substituents is 2. The van der Waals surface area contributed by atoms with Gasteiger partial charge in [0.2, 0.25) is 17.7 Å². The van der Waals surface area contributed by atoms with Crippen molar-refractivity contribution in [2.24, 2.45) is 5.73 Å². The number of phenols is 2. The van der Waals surface area contributed by atoms with Crippen LogP contribution in [-0.2, 0) is 19.1 Å². The summed E-state index contributed by atoms with van der Waals surface area (Å²) in [4.78, 5) is 62.9. The number of aromatic hydroxyl groups is 2. The standard InChI is InChI=1S/C37H41N3O9/c1-22-7-6-10-27(41)9-5-3-4-8-25-19-30(42)34(35(45)33(25)37(47)49-22)29(23-13-17-28(48-2)18-14-23)20-31(43)39-21-32(44)40-26-15-11-24(12-16-26)36(38)46/h4,8,11-19,22,29,42,45H,3,5-7,9-10,20-21H2,1-2H3,(H2,38,46)(H,39,43)(H,40,44)/t22-,29?/m0/s1. The van der Waals surface area contributed by atoms with E-state index in [0.29, 0.717) is 55.5 Å². The molecule has 2 atom stereocenters. The smallest absolute Gasteiger partial charge is 0.342 e. The summed E-state index contributed by atoms with van der Waals surface area (Å²) in [5.74, 6) is -3.71. The fraction of sp³-hybridized carbons (Fsp3) is 0.324. The minimum absolute atomic E-state index is 0.0669. The lowest BCUT2D eigenvalue weighted by Gasteiger charge is -2.23. The Kier molecular flexibility index (Phi) is 12.5. The number of allylic oxidation sites excluding steroid dienone is 1. The van der Waals surface area contributed by atoms with Crippen molar-refractivity contribution < 1.29 is 43.7 Å². The number of hydrogen-bond acceptors (Lipinski definition) is 9. The van der Waals surface area contributed by atoms with Crippen LogP contribution in [0.15, 0.2) is 60.7 Å². The van der Waals surface area contributed by atoms with Crippen LogP contribution in [-0.4, -0.2) is 59.4 Å². The molecule has 1 heterocycles. The Labute approximate surface area is 284 Å². The van der Waals surface area contributed by atoms with Crippen LogP contribution in [0.3, 0.4) is 0 Å². The van der Waals surface area contributed by atoms with Gasteiger partial charge >= 0.3 is 5.97 Å². The summed E-state index contributed by atoms with van der Waals surface area (Å²) in [7, 11) is 1.50. The summed E-state index contributed by atoms with van der Waals surface area (Å²) in [6.07, 6.45) is 5.48. The number of Topliss-reactive ketones (excluding diaryl/α,β-unsaturated/α-hetero) is 1. The summed E-state index contributed by atoms with van der Waals surface area (Å²) in [6, 6.07) is 13.9. The zero-order valence-electron chi connectivity index (χ0n) is 27.5. The van der Waals surface area contributed by atoms with E-state index >= 15 is 0 Å². The van der Waals surface area contributed by atoms with E-state index in [4.69, 9.17) is 15.2 Å². The monoisotopic (exact) mass is 671 g/mol. The van der Waals surface area contributed by atoms with Crippen LogP contribution in [0.25, 0.3) is 6.08 Å². The molecule has 258 valence electrons. The Morgan fingerprint density at radius 1 is 1.00 bits per heavy atom. The number of anilines is 1. The number of carbonyl (C=O) groups is 5. The summed E-state index contributed by atoms with van der Waals surface area (Å²) in [6.45, 7) is 1.31. The predicted octanol–water partition coefficient (Wildman–Crippen LogP) is 4.96. The van der Waals surface area contributed by atoms with E-state index in [9.17, 15) is 34.2 Å². The SMILES string of the molecule is COc1ccc(C(CC(=O)NCC(=O)Nc2ccc(C(N)=O)cc2)c2c(O)cc3c(c2O)C(=O)O[C@@H](C)CCCC(=O)CCCC=C3)cc1. The maximum absolute atomic E-state index is 13.6. The lowest BCUT2D eigenvalue weighted by Crippen LogP contribution is -2.33. The average Bonchev–Trinajstić information content (AvgIpc) is 3.06. The van der Waals surface area contributed by atoms with Crippen LogP contribution in [0.5, 0.6) is 17.2 Å². The van der Waals surface area contributed by atoms with E-state index < -0.39 is 48.0 Å². The van der Waals surface area contributed by atoms with Gasteiger partial charge in [-0.15, -0.1) is 0 Å². The Morgan fingerprint density at radius 3 is 2.37 bits per heavy atom. The Bertz CT molecular complexity index is 1720. The quantitative estimate of drug-likeness (QED) is 0.195. The minimum atomic E-state index is -0.964. The third kappa shape index (κ3) is 9.92. The average molecular weight is 672 g/mol. The second-order valence-corrected chi connectivity index (χ2v) is 11.9. The second-order valence-electron chi connectivity index (χ2n) is 11.9. The van der Waals surface area contributed by atoms with E-state index in [-0.39, 0.29) is 40.2 Å². The van der Waals surface area contributed by atoms with Crippen molar-refractivity contribution in [1.82, 2.24) is 5.32 Å². The zero-order valence-corrected chi connectivity index (χ0v) is 27.5. The number of cyclic esters (lactones) is 1. The molecule has 12 heteroatoms. The fourth-order valence-corrected chi connectivity index (χ4v) is 5.60. The van der Waals surface area contributed by atoms with Gasteiger partial charge in [0.15, 0.2) is 0 Å². The topological polar surface area (TPSA) is 194 Å². The van der Waals surface area contributed by atoms with Gasteiger partial charge in [0.25, 0.3) is 0 Å². The number of benzene rings is 3. The molecule has 1 aliphatic heterocycles. The highest BCUT2D eigenvalue weighted by Crippen LogP contribution is 2.44. The minimum Gasteiger partial charge on any atom is -0.507 e. The molecule has 4 rings (SSSR count). The number of nitrogens with one attached hydrogen (secondary N) is 2. The van der Waals surface area contributed by atoms with Crippen molar-refractivity contribution in [3.05, 3.63) is 88.5 Å². The van der Waals surface area contributed by atoms with Crippen molar-refractivity contribution >= 4 is 41.2 Å². The number of nitrogens with two attached hydrogens (primary N) is 1. The van der Waals surface area contributed by atoms with Crippen LogP contribution in [0.2, 0.25) is 0 Å². The van der Waals surface area contributed by atoms with E-state index in [1.165, 1.54) is 37.4 Å². The number of ether oxygens (including phenoxy) is 2. The highest BCUT2D eigenvalue weighted by Gasteiger charge is 2.31. The maximum atomic E-state index is 13.6. The number of ketones is 1. The number of primary amides is 1. The van der Waals surface area contributed by atoms with Gasteiger partial charge in [-0.3, -0.25) is 19.2 Å². The lowest BCUT2D eigenvalue weighted by molar-refractivity contribution is -0.124. The van der Waals surface area contributed by atoms with Gasteiger partial charge in [-0.05, 0) is 86.2 Å². The van der Waals surface area contributed by atoms with Gasteiger partial charge in [0, 0.05) is 42.0 Å². The molecule has 0 bridgehead atoms. The van der Waals surface area contributed by atoms with Crippen LogP contribution in [0, 0.1) is 0 Å². The van der Waals surface area contributed by atoms with E-state index in [2.05, 4.69) is 10.6 Å². The van der Waals surface area contributed by atoms with Gasteiger partial charge in [0.1, 0.15) is 28.6 Å². The molecule has 12 nitrogen and oxygen atoms in total. The number of methoxy groups -OCH3 is 1. The number of hydrogen-bond donors (Lipinski definition) is 5. The Hall–Kier alpha value is -5.65. The van der Waals surface area contributed by atoms with Crippen molar-refractivity contribution in [1.29, 1.82) is 0 Å². The molecule has 3 aromatic rings. The molecule has 6 N–H and O–H groups in total. The van der Waals surface area contributed by atoms with E-state index in [0.717, 1.165) is 0 Å². The normalized spacial score (nSPS) is 16.0. The maximum Gasteiger partial charge on any atom is 0.342 e. The molecular formula is C37H41N3O9. The molecule has 3 aromatic carbocycles. The zero-order chi connectivity index (χ0) is 35.5. The fourth-order valence-electron chi connectivity index (χ4n) is 5.60. The molecule has 49 heavy (non-hydrogen) atoms. The Balaban J connectivity index is 1.64. The first-order chi connectivity index (χ1) is 23.5. The first kappa shape index (κ1) is 36.2. The number of esters is 1. The van der Waals surface area contributed by atoms with Crippen molar-refractivity contribution in [3.8, 4) is 17.2 Å². The molecule has 0 aromatic heterocycles. The molecule has 0 saturated carbocycles. The molecule has 0 spiro atoms. The molecule has 3 amide bonds.